The number of hydrogen-bond acceptors (Lipinski definition) is 2. The Bertz CT molecular complexity index is 266. The molecule has 0 bridgehead atoms. The molecule has 0 aromatic carbocycles. The Morgan fingerprint density at radius 1 is 1.19 bits per heavy atom. The molecule has 2 nitrogen and oxygen atoms in total. The van der Waals surface area contributed by atoms with Crippen LogP contribution < -0.4 is 4.90 Å². The van der Waals surface area contributed by atoms with Crippen molar-refractivity contribution >= 4 is 5.69 Å². The van der Waals surface area contributed by atoms with Gasteiger partial charge in [-0.05, 0) is 32.1 Å². The number of pyridine rings is 1. The molecule has 95 valence electrons. The number of piperidine rings is 1. The molecular weight excluding hydrogens is 349 g/mol. The van der Waals surface area contributed by atoms with Crippen molar-refractivity contribution in [2.45, 2.75) is 33.6 Å². The van der Waals surface area contributed by atoms with E-state index in [-0.39, 0.29) is 37.7 Å². The number of nitrogens with zero attached hydrogens (tertiary/aromatic N) is 2. The zero-order valence-electron chi connectivity index (χ0n) is 10.3. The van der Waals surface area contributed by atoms with E-state index >= 15 is 0 Å². The third-order valence-electron chi connectivity index (χ3n) is 2.47. The first-order chi connectivity index (χ1) is 7.36. The Kier molecular flexibility index (Phi) is 9.38. The Morgan fingerprint density at radius 3 is 2.31 bits per heavy atom. The molecule has 2 rings (SSSR count). The first-order valence-electron chi connectivity index (χ1n) is 5.85. The number of aromatic nitrogens is 1. The van der Waals surface area contributed by atoms with E-state index in [2.05, 4.69) is 28.4 Å². The molecule has 1 aromatic rings. The minimum atomic E-state index is 0. The molecule has 1 radical (unpaired) electrons. The van der Waals surface area contributed by atoms with E-state index in [0.29, 0.717) is 0 Å². The van der Waals surface area contributed by atoms with Gasteiger partial charge in [0.05, 0.1) is 11.9 Å². The summed E-state index contributed by atoms with van der Waals surface area (Å²) in [7, 11) is 0. The Balaban J connectivity index is 0.000000711. The fourth-order valence-electron chi connectivity index (χ4n) is 1.66. The second kappa shape index (κ2) is 9.26. The minimum Gasteiger partial charge on any atom is -0.375 e. The fourth-order valence-corrected chi connectivity index (χ4v) is 1.66. The van der Waals surface area contributed by atoms with E-state index in [4.69, 9.17) is 0 Å². The monoisotopic (exact) mass is 370 g/mol. The van der Waals surface area contributed by atoms with Crippen LogP contribution in [0.1, 0.15) is 32.4 Å². The fraction of sp³-hybridized carbons (Fsp3) is 0.538. The molecule has 16 heavy (non-hydrogen) atoms. The number of aryl methyl sites for hydroxylation is 1. The zero-order chi connectivity index (χ0) is 11.1. The third-order valence-corrected chi connectivity index (χ3v) is 2.47. The van der Waals surface area contributed by atoms with Gasteiger partial charge in [0.15, 0.2) is 0 Å². The summed E-state index contributed by atoms with van der Waals surface area (Å²) >= 11 is 0. The predicted molar refractivity (Wildman–Crippen MR) is 66.1 cm³/mol. The van der Waals surface area contributed by atoms with E-state index in [1.54, 1.807) is 0 Å². The van der Waals surface area contributed by atoms with Gasteiger partial charge in [-0.15, -0.1) is 0 Å². The molecule has 0 aliphatic carbocycles. The molecular formula is C13H21HoN2-. The molecule has 1 aliphatic heterocycles. The van der Waals surface area contributed by atoms with Crippen LogP contribution in [-0.4, -0.2) is 18.1 Å². The topological polar surface area (TPSA) is 16.1 Å². The second-order valence-electron chi connectivity index (χ2n) is 3.51. The molecule has 1 aromatic heterocycles. The van der Waals surface area contributed by atoms with Gasteiger partial charge in [0, 0.05) is 43.4 Å². The smallest absolute Gasteiger partial charge is 0.0551 e. The molecule has 1 fully saturated rings. The summed E-state index contributed by atoms with van der Waals surface area (Å²) in [5.41, 5.74) is 2.35. The van der Waals surface area contributed by atoms with Crippen LogP contribution in [0.4, 0.5) is 5.69 Å². The average molecular weight is 370 g/mol. The van der Waals surface area contributed by atoms with Crippen molar-refractivity contribution in [3.8, 4) is 0 Å². The molecule has 2 heterocycles. The van der Waals surface area contributed by atoms with E-state index < -0.39 is 0 Å². The molecule has 1 saturated heterocycles. The maximum atomic E-state index is 4.30. The number of hydrogen-bond donors (Lipinski definition) is 0. The van der Waals surface area contributed by atoms with Crippen LogP contribution >= 0.6 is 0 Å². The molecule has 0 spiro atoms. The van der Waals surface area contributed by atoms with Gasteiger partial charge in [0.25, 0.3) is 0 Å². The van der Waals surface area contributed by atoms with Gasteiger partial charge >= 0.3 is 0 Å². The summed E-state index contributed by atoms with van der Waals surface area (Å²) in [5.74, 6) is 0. The van der Waals surface area contributed by atoms with Crippen molar-refractivity contribution in [2.75, 3.05) is 18.0 Å². The molecule has 0 amide bonds. The van der Waals surface area contributed by atoms with E-state index in [9.17, 15) is 0 Å². The van der Waals surface area contributed by atoms with Crippen molar-refractivity contribution in [2.24, 2.45) is 0 Å². The van der Waals surface area contributed by atoms with Crippen molar-refractivity contribution in [3.63, 3.8) is 0 Å². The number of anilines is 1. The summed E-state index contributed by atoms with van der Waals surface area (Å²) in [4.78, 5) is 6.70. The van der Waals surface area contributed by atoms with Crippen LogP contribution in [0.2, 0.25) is 0 Å². The van der Waals surface area contributed by atoms with Gasteiger partial charge in [-0.1, -0.05) is 13.8 Å². The molecule has 0 N–H and O–H groups in total. The van der Waals surface area contributed by atoms with Crippen LogP contribution in [0.5, 0.6) is 0 Å². The predicted octanol–water partition coefficient (Wildman–Crippen LogP) is 3.22. The third kappa shape index (κ3) is 5.03. The normalized spacial score (nSPS) is 14.6. The van der Waals surface area contributed by atoms with E-state index in [0.717, 1.165) is 18.8 Å². The Labute approximate surface area is 129 Å². The maximum absolute atomic E-state index is 4.30. The number of rotatable bonds is 1. The summed E-state index contributed by atoms with van der Waals surface area (Å²) in [5, 5.41) is 0. The molecule has 3 heteroatoms. The van der Waals surface area contributed by atoms with Crippen LogP contribution in [0, 0.1) is 51.1 Å². The minimum absolute atomic E-state index is 0. The van der Waals surface area contributed by atoms with E-state index in [1.807, 2.05) is 27.0 Å². The zero-order valence-corrected chi connectivity index (χ0v) is 12.3. The van der Waals surface area contributed by atoms with Gasteiger partial charge in [0.2, 0.25) is 0 Å². The summed E-state index contributed by atoms with van der Waals surface area (Å²) in [6.07, 6.45) is 6.74. The van der Waals surface area contributed by atoms with Gasteiger partial charge in [-0.3, -0.25) is 4.98 Å². The quantitative estimate of drug-likeness (QED) is 0.558. The van der Waals surface area contributed by atoms with Crippen LogP contribution in [0.15, 0.2) is 18.3 Å². The first-order valence-corrected chi connectivity index (χ1v) is 5.85. The first kappa shape index (κ1) is 16.2. The van der Waals surface area contributed by atoms with E-state index in [1.165, 1.54) is 18.5 Å². The van der Waals surface area contributed by atoms with Crippen molar-refractivity contribution in [3.05, 3.63) is 30.4 Å². The molecule has 0 saturated carbocycles. The van der Waals surface area contributed by atoms with Gasteiger partial charge in [-0.2, -0.15) is 12.8 Å². The molecule has 0 atom stereocenters. The van der Waals surface area contributed by atoms with Crippen LogP contribution in [0.3, 0.4) is 0 Å². The summed E-state index contributed by atoms with van der Waals surface area (Å²) in [6, 6.07) is 4.24. The van der Waals surface area contributed by atoms with Gasteiger partial charge < -0.3 is 11.3 Å². The Morgan fingerprint density at radius 2 is 1.81 bits per heavy atom. The molecule has 1 aliphatic rings. The maximum Gasteiger partial charge on any atom is 0.0551 e. The summed E-state index contributed by atoms with van der Waals surface area (Å²) in [6.45, 7) is 8.31. The van der Waals surface area contributed by atoms with Crippen molar-refractivity contribution in [1.82, 2.24) is 4.98 Å². The van der Waals surface area contributed by atoms with Crippen LogP contribution in [-0.2, 0) is 0 Å². The Hall–Kier alpha value is 0.210. The van der Waals surface area contributed by atoms with Crippen LogP contribution in [0.25, 0.3) is 0 Å². The second-order valence-corrected chi connectivity index (χ2v) is 3.51. The average Bonchev–Trinajstić information content (AvgIpc) is 2.34. The van der Waals surface area contributed by atoms with Gasteiger partial charge in [0.1, 0.15) is 0 Å². The SMILES string of the molecule is CC.Cc1ccc(N2CC[CH-]CC2)cn1.[Ho]. The van der Waals surface area contributed by atoms with Crippen molar-refractivity contribution in [1.29, 1.82) is 0 Å². The summed E-state index contributed by atoms with van der Waals surface area (Å²) < 4.78 is 0. The standard InChI is InChI=1S/C11H15N2.C2H6.Ho/c1-10-5-6-11(9-12-10)13-7-3-2-4-8-13;1-2;/h2,5-6,9H,3-4,7-8H2,1H3;1-2H3;/q-1;;. The van der Waals surface area contributed by atoms with Crippen molar-refractivity contribution < 1.29 is 37.7 Å². The largest absolute Gasteiger partial charge is 0.375 e. The molecule has 0 unspecified atom stereocenters. The van der Waals surface area contributed by atoms with Gasteiger partial charge in [-0.25, -0.2) is 0 Å².